The van der Waals surface area contributed by atoms with Gasteiger partial charge >= 0.3 is 12.2 Å². The van der Waals surface area contributed by atoms with Crippen LogP contribution in [0.2, 0.25) is 10.1 Å². The largest absolute Gasteiger partial charge is 0.443 e. The Kier molecular flexibility index (Phi) is 11.8. The van der Waals surface area contributed by atoms with Gasteiger partial charge in [-0.15, -0.1) is 4.90 Å². The monoisotopic (exact) mass is 800 g/mol. The third-order valence-electron chi connectivity index (χ3n) is 10.8. The highest BCUT2D eigenvalue weighted by molar-refractivity contribution is 6.99. The minimum absolute atomic E-state index is 0.134. The number of carbonyl (C=O) groups is 2. The molecule has 3 heterocycles. The summed E-state index contributed by atoms with van der Waals surface area (Å²) >= 11 is 6.97. The topological polar surface area (TPSA) is 103 Å². The van der Waals surface area contributed by atoms with E-state index in [1.54, 1.807) is 47.7 Å². The summed E-state index contributed by atoms with van der Waals surface area (Å²) in [5.74, 6) is 0.0292. The quantitative estimate of drug-likeness (QED) is 0.170. The maximum absolute atomic E-state index is 13.3. The van der Waals surface area contributed by atoms with Crippen LogP contribution in [0, 0.1) is 0 Å². The average molecular weight is 802 g/mol. The van der Waals surface area contributed by atoms with Crippen LogP contribution >= 0.6 is 11.6 Å². The third-order valence-corrected chi connectivity index (χ3v) is 16.2. The summed E-state index contributed by atoms with van der Waals surface area (Å²) in [6.45, 7) is 22.4. The van der Waals surface area contributed by atoms with Gasteiger partial charge in [0.15, 0.2) is 0 Å². The Balaban J connectivity index is 1.26. The van der Waals surface area contributed by atoms with Crippen LogP contribution in [0.15, 0.2) is 79.0 Å². The van der Waals surface area contributed by atoms with E-state index in [1.165, 1.54) is 10.4 Å². The molecule has 2 aliphatic rings. The molecule has 2 amide bonds. The SMILES string of the molecule is CC(C)(C)OC(=O)N(C(=O)OC(C)(C)C)c1ncc2cc(Cl)c(C3CCN(C4(C)COCC4O[Si](c4ccccc4)(c4ccccc4)C(C)(C)C)CC3)cc2n1. The second-order valence-corrected chi connectivity index (χ2v) is 23.0. The van der Waals surface area contributed by atoms with Crippen LogP contribution in [0.4, 0.5) is 15.5 Å². The van der Waals surface area contributed by atoms with Gasteiger partial charge in [-0.05, 0) is 113 Å². The molecule has 3 aromatic carbocycles. The van der Waals surface area contributed by atoms with Gasteiger partial charge in [0.25, 0.3) is 8.32 Å². The van der Waals surface area contributed by atoms with Gasteiger partial charge in [0.05, 0.1) is 30.4 Å². The Morgan fingerprint density at radius 3 is 1.89 bits per heavy atom. The Labute approximate surface area is 338 Å². The molecule has 0 spiro atoms. The lowest BCUT2D eigenvalue weighted by Gasteiger charge is -2.50. The van der Waals surface area contributed by atoms with E-state index in [-0.39, 0.29) is 28.5 Å². The number of rotatable bonds is 7. The molecule has 2 atom stereocenters. The zero-order valence-electron chi connectivity index (χ0n) is 34.5. The van der Waals surface area contributed by atoms with Crippen molar-refractivity contribution in [3.8, 4) is 0 Å². The van der Waals surface area contributed by atoms with Crippen molar-refractivity contribution in [3.63, 3.8) is 0 Å². The number of imide groups is 1. The summed E-state index contributed by atoms with van der Waals surface area (Å²) in [7, 11) is -2.82. The van der Waals surface area contributed by atoms with Crippen molar-refractivity contribution in [3.05, 3.63) is 89.6 Å². The molecular weight excluding hydrogens is 744 g/mol. The van der Waals surface area contributed by atoms with Crippen LogP contribution in [0.1, 0.15) is 93.6 Å². The Morgan fingerprint density at radius 1 is 0.857 bits per heavy atom. The fourth-order valence-corrected chi connectivity index (χ4v) is 13.1. The first-order chi connectivity index (χ1) is 26.2. The Hall–Kier alpha value is -3.87. The van der Waals surface area contributed by atoms with Crippen molar-refractivity contribution in [2.45, 2.75) is 116 Å². The van der Waals surface area contributed by atoms with Crippen LogP contribution in [0.3, 0.4) is 0 Å². The predicted octanol–water partition coefficient (Wildman–Crippen LogP) is 8.87. The number of piperidine rings is 1. The van der Waals surface area contributed by atoms with E-state index in [0.717, 1.165) is 36.4 Å². The van der Waals surface area contributed by atoms with E-state index in [0.29, 0.717) is 29.1 Å². The summed E-state index contributed by atoms with van der Waals surface area (Å²) in [6, 6.07) is 25.4. The molecule has 0 N–H and O–H groups in total. The van der Waals surface area contributed by atoms with Gasteiger partial charge in [0, 0.05) is 16.6 Å². The normalized spacial score (nSPS) is 20.2. The van der Waals surface area contributed by atoms with Gasteiger partial charge in [-0.25, -0.2) is 19.6 Å². The maximum atomic E-state index is 13.3. The minimum Gasteiger partial charge on any atom is -0.443 e. The highest BCUT2D eigenvalue weighted by atomic mass is 35.5. The van der Waals surface area contributed by atoms with Crippen LogP contribution in [0.5, 0.6) is 0 Å². The molecule has 2 aliphatic heterocycles. The van der Waals surface area contributed by atoms with Crippen LogP contribution in [-0.4, -0.2) is 84.5 Å². The van der Waals surface area contributed by atoms with Gasteiger partial charge in [0.2, 0.25) is 5.95 Å². The molecule has 10 nitrogen and oxygen atoms in total. The number of hydrogen-bond acceptors (Lipinski definition) is 9. The number of aromatic nitrogens is 2. The van der Waals surface area contributed by atoms with E-state index in [4.69, 9.17) is 35.2 Å². The molecule has 4 aromatic rings. The summed E-state index contributed by atoms with van der Waals surface area (Å²) in [5, 5.41) is 3.67. The van der Waals surface area contributed by atoms with Gasteiger partial charge in [-0.3, -0.25) is 4.90 Å². The molecule has 2 unspecified atom stereocenters. The molecule has 56 heavy (non-hydrogen) atoms. The summed E-state index contributed by atoms with van der Waals surface area (Å²) < 4.78 is 25.1. The molecule has 0 aliphatic carbocycles. The van der Waals surface area contributed by atoms with E-state index in [9.17, 15) is 9.59 Å². The van der Waals surface area contributed by atoms with Crippen molar-refractivity contribution in [2.24, 2.45) is 0 Å². The van der Waals surface area contributed by atoms with E-state index >= 15 is 0 Å². The minimum atomic E-state index is -2.82. The zero-order valence-corrected chi connectivity index (χ0v) is 36.3. The van der Waals surface area contributed by atoms with Crippen LogP contribution in [0.25, 0.3) is 10.9 Å². The summed E-state index contributed by atoms with van der Waals surface area (Å²) in [4.78, 5) is 39.0. The zero-order chi connectivity index (χ0) is 40.7. The molecule has 2 saturated heterocycles. The van der Waals surface area contributed by atoms with Crippen molar-refractivity contribution < 1.29 is 28.2 Å². The molecule has 12 heteroatoms. The summed E-state index contributed by atoms with van der Waals surface area (Å²) in [5.41, 5.74) is -0.528. The van der Waals surface area contributed by atoms with Crippen LogP contribution in [-0.2, 0) is 18.6 Å². The number of carbonyl (C=O) groups excluding carboxylic acids is 2. The second kappa shape index (κ2) is 15.8. The fourth-order valence-electron chi connectivity index (χ4n) is 8.04. The smallest absolute Gasteiger partial charge is 0.427 e. The lowest BCUT2D eigenvalue weighted by atomic mass is 9.85. The third kappa shape index (κ3) is 8.67. The second-order valence-electron chi connectivity index (χ2n) is 18.3. The summed E-state index contributed by atoms with van der Waals surface area (Å²) in [6.07, 6.45) is 1.32. The van der Waals surface area contributed by atoms with Crippen molar-refractivity contribution in [2.75, 3.05) is 31.2 Å². The molecule has 2 fully saturated rings. The molecule has 0 radical (unpaired) electrons. The molecule has 0 saturated carbocycles. The number of nitrogens with zero attached hydrogens (tertiary/aromatic N) is 4. The fraction of sp³-hybridized carbons (Fsp3) is 0.500. The van der Waals surface area contributed by atoms with Gasteiger partial charge in [-0.2, -0.15) is 0 Å². The highest BCUT2D eigenvalue weighted by Gasteiger charge is 2.56. The lowest BCUT2D eigenvalue weighted by molar-refractivity contribution is 0.00483. The molecule has 1 aromatic heterocycles. The first kappa shape index (κ1) is 41.8. The number of ether oxygens (including phenoxy) is 3. The van der Waals surface area contributed by atoms with Gasteiger partial charge in [0.1, 0.15) is 11.2 Å². The standard InChI is InChI=1S/C44H57ClN4O6Si/c1-41(2,3)53-39(50)49(40(51)54-42(4,5)6)38-46-27-31-25-35(45)34(26-36(31)47-38)30-21-23-48(24-22-30)44(10)29-52-28-37(44)55-56(43(7,8)9,32-17-13-11-14-18-32)33-19-15-12-16-20-33/h11-20,25-27,30,37H,21-24,28-29H2,1-10H3. The van der Waals surface area contributed by atoms with E-state index < -0.39 is 31.7 Å². The molecule has 0 bridgehead atoms. The van der Waals surface area contributed by atoms with E-state index in [2.05, 4.69) is 98.2 Å². The molecule has 300 valence electrons. The number of halogens is 1. The number of anilines is 1. The van der Waals surface area contributed by atoms with Gasteiger partial charge in [-0.1, -0.05) is 93.0 Å². The van der Waals surface area contributed by atoms with E-state index in [1.807, 2.05) is 12.1 Å². The van der Waals surface area contributed by atoms with Crippen molar-refractivity contribution in [1.29, 1.82) is 0 Å². The lowest BCUT2D eigenvalue weighted by Crippen LogP contribution is -2.70. The highest BCUT2D eigenvalue weighted by Crippen LogP contribution is 2.43. The Bertz CT molecular complexity index is 1960. The maximum Gasteiger partial charge on any atom is 0.427 e. The number of fused-ring (bicyclic) bond motifs is 1. The number of likely N-dealkylation sites (tertiary alicyclic amines) is 1. The van der Waals surface area contributed by atoms with Crippen molar-refractivity contribution >= 4 is 59.3 Å². The predicted molar refractivity (Wildman–Crippen MR) is 225 cm³/mol. The molecule has 6 rings (SSSR count). The van der Waals surface area contributed by atoms with Gasteiger partial charge < -0.3 is 18.6 Å². The first-order valence-electron chi connectivity index (χ1n) is 19.6. The van der Waals surface area contributed by atoms with Crippen molar-refractivity contribution in [1.82, 2.24) is 14.9 Å². The average Bonchev–Trinajstić information content (AvgIpc) is 3.49. The van der Waals surface area contributed by atoms with Crippen LogP contribution < -0.4 is 15.3 Å². The Morgan fingerprint density at radius 2 is 1.39 bits per heavy atom. The first-order valence-corrected chi connectivity index (χ1v) is 21.8. The molecular formula is C44H57ClN4O6Si. The number of amides is 2. The number of hydrogen-bond donors (Lipinski definition) is 0. The number of benzene rings is 3.